The van der Waals surface area contributed by atoms with Gasteiger partial charge in [-0.15, -0.1) is 12.4 Å². The minimum Gasteiger partial charge on any atom is -0.316 e. The van der Waals surface area contributed by atoms with Crippen molar-refractivity contribution < 1.29 is 4.39 Å². The molecule has 2 fully saturated rings. The number of nitrogens with one attached hydrogen (secondary N) is 2. The lowest BCUT2D eigenvalue weighted by atomic mass is 10.2. The van der Waals surface area contributed by atoms with Crippen molar-refractivity contribution in [2.75, 3.05) is 13.1 Å². The van der Waals surface area contributed by atoms with Crippen LogP contribution >= 0.6 is 12.4 Å². The molecule has 1 aromatic heterocycles. The maximum absolute atomic E-state index is 13.1. The van der Waals surface area contributed by atoms with E-state index in [0.29, 0.717) is 6.04 Å². The lowest BCUT2D eigenvalue weighted by Crippen LogP contribution is -2.27. The molecule has 3 atom stereocenters. The fourth-order valence-corrected chi connectivity index (χ4v) is 3.18. The molecule has 0 spiro atoms. The van der Waals surface area contributed by atoms with Crippen LogP contribution in [0.25, 0.3) is 10.9 Å². The molecule has 5 heteroatoms. The van der Waals surface area contributed by atoms with Crippen LogP contribution in [0.3, 0.4) is 0 Å². The summed E-state index contributed by atoms with van der Waals surface area (Å²) in [6.07, 6.45) is 0. The van der Waals surface area contributed by atoms with Crippen LogP contribution in [0.4, 0.5) is 4.39 Å². The van der Waals surface area contributed by atoms with E-state index < -0.39 is 0 Å². The first kappa shape index (κ1) is 13.7. The van der Waals surface area contributed by atoms with E-state index in [-0.39, 0.29) is 18.2 Å². The summed E-state index contributed by atoms with van der Waals surface area (Å²) in [4.78, 5) is 4.57. The average Bonchev–Trinajstić information content (AvgIpc) is 2.85. The molecule has 1 unspecified atom stereocenters. The molecule has 1 saturated carbocycles. The van der Waals surface area contributed by atoms with Crippen LogP contribution in [-0.4, -0.2) is 24.1 Å². The summed E-state index contributed by atoms with van der Waals surface area (Å²) in [6.45, 7) is 3.09. The molecule has 4 rings (SSSR count). The Kier molecular flexibility index (Phi) is 3.63. The Morgan fingerprint density at radius 3 is 2.80 bits per heavy atom. The van der Waals surface area contributed by atoms with E-state index in [0.717, 1.165) is 48.1 Å². The third-order valence-corrected chi connectivity index (χ3v) is 4.32. The van der Waals surface area contributed by atoms with Crippen molar-refractivity contribution in [1.29, 1.82) is 0 Å². The van der Waals surface area contributed by atoms with Crippen molar-refractivity contribution in [3.63, 3.8) is 0 Å². The van der Waals surface area contributed by atoms with Gasteiger partial charge in [-0.1, -0.05) is 6.07 Å². The van der Waals surface area contributed by atoms with Gasteiger partial charge in [0.25, 0.3) is 0 Å². The number of fused-ring (bicyclic) bond motifs is 2. The van der Waals surface area contributed by atoms with Crippen LogP contribution < -0.4 is 10.6 Å². The maximum Gasteiger partial charge on any atom is 0.123 e. The number of pyridine rings is 1. The summed E-state index contributed by atoms with van der Waals surface area (Å²) in [5.74, 6) is 1.42. The summed E-state index contributed by atoms with van der Waals surface area (Å²) in [5.41, 5.74) is 1.88. The standard InChI is InChI=1S/C15H16FN3.ClH/c16-10-2-4-14-9(5-10)1-3-11(19-14)6-18-15-12-7-17-8-13(12)15;/h1-5,12-13,15,17-18H,6-8H2;1H/t12-,13+,15?;. The molecule has 0 amide bonds. The summed E-state index contributed by atoms with van der Waals surface area (Å²) >= 11 is 0. The number of aromatic nitrogens is 1. The molecule has 2 aliphatic rings. The quantitative estimate of drug-likeness (QED) is 0.910. The van der Waals surface area contributed by atoms with Crippen molar-refractivity contribution in [2.24, 2.45) is 11.8 Å². The van der Waals surface area contributed by atoms with Gasteiger partial charge in [0.05, 0.1) is 11.2 Å². The normalized spacial score (nSPS) is 27.1. The second-order valence-corrected chi connectivity index (χ2v) is 5.53. The number of benzene rings is 1. The number of nitrogens with zero attached hydrogens (tertiary/aromatic N) is 1. The third kappa shape index (κ3) is 2.39. The fraction of sp³-hybridized carbons (Fsp3) is 0.400. The molecule has 0 radical (unpaired) electrons. The number of hydrogen-bond donors (Lipinski definition) is 2. The molecule has 0 bridgehead atoms. The highest BCUT2D eigenvalue weighted by atomic mass is 35.5. The number of halogens is 2. The highest BCUT2D eigenvalue weighted by Gasteiger charge is 2.52. The minimum atomic E-state index is -0.210. The smallest absolute Gasteiger partial charge is 0.123 e. The molecule has 1 aromatic carbocycles. The zero-order valence-electron chi connectivity index (χ0n) is 11.0. The number of piperidine rings is 1. The van der Waals surface area contributed by atoms with E-state index in [4.69, 9.17) is 0 Å². The Morgan fingerprint density at radius 2 is 2.00 bits per heavy atom. The van der Waals surface area contributed by atoms with Gasteiger partial charge in [0, 0.05) is 18.0 Å². The second kappa shape index (κ2) is 5.28. The van der Waals surface area contributed by atoms with E-state index >= 15 is 0 Å². The minimum absolute atomic E-state index is 0. The van der Waals surface area contributed by atoms with Gasteiger partial charge in [0.1, 0.15) is 5.82 Å². The van der Waals surface area contributed by atoms with Gasteiger partial charge in [-0.2, -0.15) is 0 Å². The highest BCUT2D eigenvalue weighted by Crippen LogP contribution is 2.41. The monoisotopic (exact) mass is 293 g/mol. The first-order valence-corrected chi connectivity index (χ1v) is 6.80. The number of rotatable bonds is 3. The Bertz CT molecular complexity index is 624. The molecule has 1 aliphatic heterocycles. The van der Waals surface area contributed by atoms with Crippen LogP contribution in [0.5, 0.6) is 0 Å². The van der Waals surface area contributed by atoms with Gasteiger partial charge in [-0.3, -0.25) is 4.98 Å². The zero-order chi connectivity index (χ0) is 12.8. The first-order chi connectivity index (χ1) is 9.31. The lowest BCUT2D eigenvalue weighted by Gasteiger charge is -2.07. The van der Waals surface area contributed by atoms with Gasteiger partial charge in [-0.05, 0) is 49.2 Å². The molecule has 2 aromatic rings. The number of hydrogen-bond acceptors (Lipinski definition) is 3. The summed E-state index contributed by atoms with van der Waals surface area (Å²) in [7, 11) is 0. The van der Waals surface area contributed by atoms with E-state index in [1.165, 1.54) is 12.1 Å². The average molecular weight is 294 g/mol. The molecule has 1 aliphatic carbocycles. The molecule has 3 nitrogen and oxygen atoms in total. The van der Waals surface area contributed by atoms with Crippen LogP contribution in [0.15, 0.2) is 30.3 Å². The fourth-order valence-electron chi connectivity index (χ4n) is 3.18. The molecule has 1 saturated heterocycles. The Balaban J connectivity index is 0.00000121. The van der Waals surface area contributed by atoms with E-state index in [2.05, 4.69) is 15.6 Å². The van der Waals surface area contributed by atoms with Crippen LogP contribution in [0.1, 0.15) is 5.69 Å². The lowest BCUT2D eigenvalue weighted by molar-refractivity contribution is 0.562. The van der Waals surface area contributed by atoms with E-state index in [9.17, 15) is 4.39 Å². The molecular formula is C15H17ClFN3. The van der Waals surface area contributed by atoms with Gasteiger partial charge >= 0.3 is 0 Å². The van der Waals surface area contributed by atoms with Crippen molar-refractivity contribution in [3.05, 3.63) is 41.8 Å². The Labute approximate surface area is 123 Å². The molecule has 2 heterocycles. The summed E-state index contributed by atoms with van der Waals surface area (Å²) < 4.78 is 13.1. The van der Waals surface area contributed by atoms with Crippen LogP contribution in [-0.2, 0) is 6.54 Å². The summed E-state index contributed by atoms with van der Waals surface area (Å²) in [5, 5.41) is 7.82. The third-order valence-electron chi connectivity index (χ3n) is 4.32. The molecular weight excluding hydrogens is 277 g/mol. The highest BCUT2D eigenvalue weighted by molar-refractivity contribution is 5.85. The van der Waals surface area contributed by atoms with Crippen molar-refractivity contribution >= 4 is 23.3 Å². The second-order valence-electron chi connectivity index (χ2n) is 5.53. The Hall–Kier alpha value is -1.23. The first-order valence-electron chi connectivity index (χ1n) is 6.80. The van der Waals surface area contributed by atoms with Crippen molar-refractivity contribution in [3.8, 4) is 0 Å². The van der Waals surface area contributed by atoms with Crippen LogP contribution in [0.2, 0.25) is 0 Å². The largest absolute Gasteiger partial charge is 0.316 e. The van der Waals surface area contributed by atoms with Gasteiger partial charge in [0.2, 0.25) is 0 Å². The van der Waals surface area contributed by atoms with Crippen molar-refractivity contribution in [2.45, 2.75) is 12.6 Å². The van der Waals surface area contributed by atoms with Gasteiger partial charge in [-0.25, -0.2) is 4.39 Å². The predicted octanol–water partition coefficient (Wildman–Crippen LogP) is 2.10. The summed E-state index contributed by atoms with van der Waals surface area (Å²) in [6, 6.07) is 9.30. The van der Waals surface area contributed by atoms with Crippen LogP contribution in [0, 0.1) is 17.7 Å². The van der Waals surface area contributed by atoms with Gasteiger partial charge < -0.3 is 10.6 Å². The molecule has 2 N–H and O–H groups in total. The molecule has 106 valence electrons. The zero-order valence-corrected chi connectivity index (χ0v) is 11.8. The molecule has 20 heavy (non-hydrogen) atoms. The Morgan fingerprint density at radius 1 is 1.20 bits per heavy atom. The van der Waals surface area contributed by atoms with Crippen molar-refractivity contribution in [1.82, 2.24) is 15.6 Å². The topological polar surface area (TPSA) is 37.0 Å². The van der Waals surface area contributed by atoms with E-state index in [1.54, 1.807) is 6.07 Å². The SMILES string of the molecule is Cl.Fc1ccc2nc(CNC3[C@H]4CNC[C@@H]34)ccc2c1. The predicted molar refractivity (Wildman–Crippen MR) is 79.4 cm³/mol. The van der Waals surface area contributed by atoms with E-state index in [1.807, 2.05) is 12.1 Å². The maximum atomic E-state index is 13.1. The van der Waals surface area contributed by atoms with Gasteiger partial charge in [0.15, 0.2) is 0 Å².